The first-order chi connectivity index (χ1) is 11.3. The molecule has 1 heterocycles. The number of nitrogens with zero attached hydrogens (tertiary/aromatic N) is 2. The van der Waals surface area contributed by atoms with Crippen molar-refractivity contribution >= 4 is 5.91 Å². The molecule has 3 rings (SSSR count). The predicted octanol–water partition coefficient (Wildman–Crippen LogP) is 2.41. The Balaban J connectivity index is 1.49. The number of amides is 1. The lowest BCUT2D eigenvalue weighted by atomic mass is 9.91. The van der Waals surface area contributed by atoms with E-state index >= 15 is 0 Å². The maximum Gasteiger partial charge on any atom is 0.414 e. The lowest BCUT2D eigenvalue weighted by molar-refractivity contribution is -0.223. The van der Waals surface area contributed by atoms with Gasteiger partial charge in [-0.2, -0.15) is 13.2 Å². The zero-order valence-corrected chi connectivity index (χ0v) is 14.1. The summed E-state index contributed by atoms with van der Waals surface area (Å²) < 4.78 is 37.8. The monoisotopic (exact) mass is 348 g/mol. The van der Waals surface area contributed by atoms with Crippen molar-refractivity contribution in [3.8, 4) is 0 Å². The molecule has 24 heavy (non-hydrogen) atoms. The van der Waals surface area contributed by atoms with Crippen molar-refractivity contribution in [2.75, 3.05) is 19.6 Å². The second kappa shape index (κ2) is 6.83. The summed E-state index contributed by atoms with van der Waals surface area (Å²) in [5.74, 6) is -0.00443. The van der Waals surface area contributed by atoms with Gasteiger partial charge in [-0.25, -0.2) is 0 Å². The highest BCUT2D eigenvalue weighted by atomic mass is 19.4. The van der Waals surface area contributed by atoms with E-state index < -0.39 is 18.2 Å². The van der Waals surface area contributed by atoms with Crippen molar-refractivity contribution in [3.63, 3.8) is 0 Å². The van der Waals surface area contributed by atoms with Gasteiger partial charge in [-0.05, 0) is 70.4 Å². The number of carbonyl (C=O) groups excluding carboxylic acids is 1. The highest BCUT2D eigenvalue weighted by Gasteiger charge is 2.45. The molecule has 4 nitrogen and oxygen atoms in total. The average molecular weight is 348 g/mol. The molecule has 2 saturated carbocycles. The van der Waals surface area contributed by atoms with Crippen LogP contribution in [0.2, 0.25) is 0 Å². The molecule has 3 aliphatic rings. The van der Waals surface area contributed by atoms with Crippen LogP contribution in [0, 0.1) is 11.8 Å². The van der Waals surface area contributed by atoms with Crippen LogP contribution in [0.5, 0.6) is 0 Å². The van der Waals surface area contributed by atoms with Crippen LogP contribution < -0.4 is 0 Å². The van der Waals surface area contributed by atoms with Crippen molar-refractivity contribution in [3.05, 3.63) is 0 Å². The van der Waals surface area contributed by atoms with E-state index in [2.05, 4.69) is 6.92 Å². The van der Waals surface area contributed by atoms with Gasteiger partial charge in [-0.3, -0.25) is 9.69 Å². The number of halogens is 3. The van der Waals surface area contributed by atoms with Crippen molar-refractivity contribution in [2.45, 2.75) is 69.8 Å². The minimum absolute atomic E-state index is 0.117. The Morgan fingerprint density at radius 2 is 1.71 bits per heavy atom. The molecule has 2 unspecified atom stereocenters. The molecule has 0 aromatic heterocycles. The fraction of sp³-hybridized carbons (Fsp3) is 0.941. The van der Waals surface area contributed by atoms with Crippen LogP contribution in [0.25, 0.3) is 0 Å². The van der Waals surface area contributed by atoms with Gasteiger partial charge in [-0.15, -0.1) is 0 Å². The number of hydrogen-bond acceptors (Lipinski definition) is 3. The van der Waals surface area contributed by atoms with E-state index in [0.717, 1.165) is 12.8 Å². The maximum atomic E-state index is 12.7. The summed E-state index contributed by atoms with van der Waals surface area (Å²) in [6.07, 6.45) is -1.69. The molecule has 138 valence electrons. The molecule has 1 aliphatic heterocycles. The molecule has 7 heteroatoms. The van der Waals surface area contributed by atoms with Crippen LogP contribution in [0.1, 0.15) is 45.4 Å². The Morgan fingerprint density at radius 1 is 1.12 bits per heavy atom. The van der Waals surface area contributed by atoms with Crippen LogP contribution in [-0.4, -0.2) is 64.8 Å². The quantitative estimate of drug-likeness (QED) is 0.802. The van der Waals surface area contributed by atoms with Gasteiger partial charge in [0.2, 0.25) is 5.91 Å². The normalized spacial score (nSPS) is 26.2. The van der Waals surface area contributed by atoms with Crippen LogP contribution >= 0.6 is 0 Å². The number of rotatable bonds is 6. The molecule has 1 amide bonds. The summed E-state index contributed by atoms with van der Waals surface area (Å²) in [6.45, 7) is 3.31. The zero-order chi connectivity index (χ0) is 17.5. The summed E-state index contributed by atoms with van der Waals surface area (Å²) in [7, 11) is 0. The van der Waals surface area contributed by atoms with Gasteiger partial charge in [-0.1, -0.05) is 0 Å². The zero-order valence-electron chi connectivity index (χ0n) is 14.1. The molecule has 2 aliphatic carbocycles. The second-order valence-electron chi connectivity index (χ2n) is 7.71. The number of hydrogen-bond donors (Lipinski definition) is 1. The predicted molar refractivity (Wildman–Crippen MR) is 83.3 cm³/mol. The molecule has 0 bridgehead atoms. The number of likely N-dealkylation sites (tertiary alicyclic amines) is 1. The third-order valence-electron chi connectivity index (χ3n) is 5.74. The van der Waals surface area contributed by atoms with Crippen LogP contribution in [0.4, 0.5) is 13.2 Å². The second-order valence-corrected chi connectivity index (χ2v) is 7.71. The minimum atomic E-state index is -4.55. The van der Waals surface area contributed by atoms with Gasteiger partial charge in [0.15, 0.2) is 6.10 Å². The molecule has 0 aromatic rings. The Labute approximate surface area is 141 Å². The molecular formula is C17H27F3N2O2. The van der Waals surface area contributed by atoms with E-state index in [9.17, 15) is 23.1 Å². The molecule has 2 atom stereocenters. The van der Waals surface area contributed by atoms with E-state index in [1.54, 1.807) is 0 Å². The molecular weight excluding hydrogens is 321 g/mol. The van der Waals surface area contributed by atoms with E-state index in [4.69, 9.17) is 0 Å². The highest BCUT2D eigenvalue weighted by molar-refractivity contribution is 5.79. The number of aliphatic hydroxyl groups is 1. The van der Waals surface area contributed by atoms with Gasteiger partial charge in [0, 0.05) is 12.1 Å². The summed E-state index contributed by atoms with van der Waals surface area (Å²) in [5, 5.41) is 9.37. The first-order valence-corrected chi connectivity index (χ1v) is 9.05. The number of carbonyl (C=O) groups is 1. The molecule has 0 radical (unpaired) electrons. The molecule has 3 fully saturated rings. The van der Waals surface area contributed by atoms with Gasteiger partial charge >= 0.3 is 6.18 Å². The lowest BCUT2D eigenvalue weighted by Gasteiger charge is -2.36. The third-order valence-corrected chi connectivity index (χ3v) is 5.74. The molecule has 1 saturated heterocycles. The van der Waals surface area contributed by atoms with E-state index in [1.807, 2.05) is 9.80 Å². The number of alkyl halides is 3. The van der Waals surface area contributed by atoms with E-state index in [-0.39, 0.29) is 24.8 Å². The Bertz CT molecular complexity index is 455. The van der Waals surface area contributed by atoms with E-state index in [0.29, 0.717) is 31.6 Å². The van der Waals surface area contributed by atoms with Gasteiger partial charge in [0.25, 0.3) is 0 Å². The summed E-state index contributed by atoms with van der Waals surface area (Å²) in [5.41, 5.74) is 0. The maximum absolute atomic E-state index is 12.7. The number of aliphatic hydroxyl groups excluding tert-OH is 1. The van der Waals surface area contributed by atoms with Gasteiger partial charge in [0.05, 0.1) is 6.54 Å². The molecule has 0 spiro atoms. The van der Waals surface area contributed by atoms with Crippen LogP contribution in [0.3, 0.4) is 0 Å². The smallest absolute Gasteiger partial charge is 0.383 e. The van der Waals surface area contributed by atoms with Crippen molar-refractivity contribution < 1.29 is 23.1 Å². The summed E-state index contributed by atoms with van der Waals surface area (Å²) in [6, 6.07) is 0.660. The van der Waals surface area contributed by atoms with Crippen LogP contribution in [0.15, 0.2) is 0 Å². The fourth-order valence-corrected chi connectivity index (χ4v) is 3.89. The van der Waals surface area contributed by atoms with Crippen molar-refractivity contribution in [1.29, 1.82) is 0 Å². The van der Waals surface area contributed by atoms with Crippen molar-refractivity contribution in [1.82, 2.24) is 9.80 Å². The van der Waals surface area contributed by atoms with Crippen molar-refractivity contribution in [2.24, 2.45) is 11.8 Å². The first kappa shape index (κ1) is 18.0. The highest BCUT2D eigenvalue weighted by Crippen LogP contribution is 2.40. The summed E-state index contributed by atoms with van der Waals surface area (Å²) in [4.78, 5) is 16.7. The molecule has 1 N–H and O–H groups in total. The average Bonchev–Trinajstić information content (AvgIpc) is 3.38. The standard InChI is InChI=1S/C17H27F3N2O2/c1-11(12-2-3-12)22(14-4-5-14)15(23)10-21-8-6-13(7-9-21)16(24)17(18,19)20/h11-14,16,24H,2-10H2,1H3. The van der Waals surface area contributed by atoms with Crippen LogP contribution in [-0.2, 0) is 4.79 Å². The topological polar surface area (TPSA) is 43.8 Å². The summed E-state index contributed by atoms with van der Waals surface area (Å²) >= 11 is 0. The number of piperidine rings is 1. The fourth-order valence-electron chi connectivity index (χ4n) is 3.89. The SMILES string of the molecule is CC(C1CC1)N(C(=O)CN1CCC(C(O)C(F)(F)F)CC1)C1CC1. The Hall–Kier alpha value is -0.820. The molecule has 0 aromatic carbocycles. The Kier molecular flexibility index (Phi) is 5.12. The first-order valence-electron chi connectivity index (χ1n) is 9.05. The van der Waals surface area contributed by atoms with E-state index in [1.165, 1.54) is 12.8 Å². The van der Waals surface area contributed by atoms with Gasteiger partial charge in [0.1, 0.15) is 0 Å². The minimum Gasteiger partial charge on any atom is -0.383 e. The Morgan fingerprint density at radius 3 is 2.17 bits per heavy atom. The lowest BCUT2D eigenvalue weighted by Crippen LogP contribution is -2.49. The van der Waals surface area contributed by atoms with Gasteiger partial charge < -0.3 is 10.0 Å². The largest absolute Gasteiger partial charge is 0.414 e. The third kappa shape index (κ3) is 4.23.